The van der Waals surface area contributed by atoms with Crippen LogP contribution in [0.5, 0.6) is 5.88 Å². The normalized spacial score (nSPS) is 11.5. The number of benzene rings is 2. The number of nitrogens with zero attached hydrogens (tertiary/aromatic N) is 3. The van der Waals surface area contributed by atoms with Gasteiger partial charge in [-0.15, -0.1) is 0 Å². The van der Waals surface area contributed by atoms with Gasteiger partial charge in [-0.1, -0.05) is 55.8 Å². The Labute approximate surface area is 202 Å². The molecular weight excluding hydrogens is 469 g/mol. The van der Waals surface area contributed by atoms with Crippen molar-refractivity contribution < 1.29 is 17.9 Å². The Morgan fingerprint density at radius 1 is 0.971 bits per heavy atom. The molecule has 0 unspecified atom stereocenters. The monoisotopic (exact) mass is 493 g/mol. The smallest absolute Gasteiger partial charge is 0.296 e. The Morgan fingerprint density at radius 3 is 2.29 bits per heavy atom. The van der Waals surface area contributed by atoms with Gasteiger partial charge >= 0.3 is 0 Å². The molecule has 2 aromatic carbocycles. The molecule has 9 heteroatoms. The highest BCUT2D eigenvalue weighted by Gasteiger charge is 2.29. The summed E-state index contributed by atoms with van der Waals surface area (Å²) in [5.41, 5.74) is 1.05. The molecule has 35 heavy (non-hydrogen) atoms. The third-order valence-electron chi connectivity index (χ3n) is 5.63. The molecule has 0 bridgehead atoms. The minimum atomic E-state index is -4.38. The molecule has 0 saturated heterocycles. The number of hydrogen-bond acceptors (Lipinski definition) is 6. The van der Waals surface area contributed by atoms with Gasteiger partial charge < -0.3 is 5.11 Å². The van der Waals surface area contributed by atoms with Crippen molar-refractivity contribution in [1.29, 1.82) is 0 Å². The second kappa shape index (κ2) is 10.2. The van der Waals surface area contributed by atoms with Gasteiger partial charge in [0, 0.05) is 18.2 Å². The molecule has 0 fully saturated rings. The summed E-state index contributed by atoms with van der Waals surface area (Å²) in [6.45, 7) is 2.15. The van der Waals surface area contributed by atoms with E-state index < -0.39 is 32.1 Å². The van der Waals surface area contributed by atoms with Crippen LogP contribution < -0.4 is 5.56 Å². The molecule has 0 saturated carbocycles. The molecular formula is C26H24FN3O4S. The van der Waals surface area contributed by atoms with Crippen LogP contribution in [0.1, 0.15) is 31.2 Å². The number of unbranched alkanes of at least 4 members (excludes halogenated alkanes) is 1. The molecule has 0 aliphatic heterocycles. The Hall–Kier alpha value is -3.85. The number of aromatic nitrogens is 3. The summed E-state index contributed by atoms with van der Waals surface area (Å²) in [5, 5.41) is 11.1. The first-order valence-electron chi connectivity index (χ1n) is 11.1. The maximum atomic E-state index is 13.4. The number of pyridine rings is 1. The van der Waals surface area contributed by atoms with Crippen LogP contribution in [0.2, 0.25) is 0 Å². The van der Waals surface area contributed by atoms with Gasteiger partial charge in [0.2, 0.25) is 21.7 Å². The summed E-state index contributed by atoms with van der Waals surface area (Å²) in [6, 6.07) is 17.7. The van der Waals surface area contributed by atoms with Gasteiger partial charge in [-0.2, -0.15) is 9.37 Å². The van der Waals surface area contributed by atoms with E-state index in [1.807, 2.05) is 37.3 Å². The molecule has 0 radical (unpaired) electrons. The van der Waals surface area contributed by atoms with Crippen LogP contribution in [-0.2, 0) is 22.8 Å². The summed E-state index contributed by atoms with van der Waals surface area (Å²) in [4.78, 5) is 19.6. The molecule has 0 atom stereocenters. The molecule has 0 aliphatic carbocycles. The summed E-state index contributed by atoms with van der Waals surface area (Å²) in [5.74, 6) is -0.923. The topological polar surface area (TPSA) is 102 Å². The number of halogens is 1. The first-order valence-corrected chi connectivity index (χ1v) is 12.6. The van der Waals surface area contributed by atoms with Gasteiger partial charge in [-0.25, -0.2) is 13.4 Å². The fourth-order valence-electron chi connectivity index (χ4n) is 3.75. The second-order valence-electron chi connectivity index (χ2n) is 8.06. The molecule has 2 heterocycles. The van der Waals surface area contributed by atoms with E-state index in [0.717, 1.165) is 18.4 Å². The quantitative estimate of drug-likeness (QED) is 0.366. The highest BCUT2D eigenvalue weighted by Crippen LogP contribution is 2.29. The van der Waals surface area contributed by atoms with Gasteiger partial charge in [0.1, 0.15) is 5.82 Å². The molecule has 4 aromatic rings. The summed E-state index contributed by atoms with van der Waals surface area (Å²) < 4.78 is 41.3. The van der Waals surface area contributed by atoms with Crippen LogP contribution in [0.3, 0.4) is 0 Å². The molecule has 180 valence electrons. The van der Waals surface area contributed by atoms with Gasteiger partial charge in [-0.05, 0) is 41.8 Å². The first kappa shape index (κ1) is 24.3. The lowest BCUT2D eigenvalue weighted by atomic mass is 10.1. The zero-order chi connectivity index (χ0) is 25.0. The van der Waals surface area contributed by atoms with Crippen molar-refractivity contribution in [1.82, 2.24) is 14.5 Å². The van der Waals surface area contributed by atoms with Crippen LogP contribution in [0, 0.1) is 5.95 Å². The van der Waals surface area contributed by atoms with Gasteiger partial charge in [0.05, 0.1) is 11.4 Å². The third-order valence-corrected chi connectivity index (χ3v) is 7.41. The lowest BCUT2D eigenvalue weighted by molar-refractivity contribution is 0.388. The van der Waals surface area contributed by atoms with Gasteiger partial charge in [0.25, 0.3) is 5.56 Å². The maximum Gasteiger partial charge on any atom is 0.296 e. The van der Waals surface area contributed by atoms with E-state index in [1.165, 1.54) is 47.2 Å². The van der Waals surface area contributed by atoms with E-state index in [4.69, 9.17) is 0 Å². The number of sulfone groups is 1. The number of aromatic hydroxyl groups is 1. The molecule has 0 spiro atoms. The summed E-state index contributed by atoms with van der Waals surface area (Å²) >= 11 is 0. The van der Waals surface area contributed by atoms with Gasteiger partial charge in [0.15, 0.2) is 4.90 Å². The predicted octanol–water partition coefficient (Wildman–Crippen LogP) is 4.37. The van der Waals surface area contributed by atoms with Crippen LogP contribution in [0.15, 0.2) is 87.5 Å². The van der Waals surface area contributed by atoms with Crippen LogP contribution in [0.25, 0.3) is 11.1 Å². The lowest BCUT2D eigenvalue weighted by Crippen LogP contribution is -2.25. The van der Waals surface area contributed by atoms with Crippen LogP contribution >= 0.6 is 0 Å². The van der Waals surface area contributed by atoms with Crippen molar-refractivity contribution in [2.45, 2.75) is 42.5 Å². The van der Waals surface area contributed by atoms with Crippen LogP contribution in [0.4, 0.5) is 4.39 Å². The Kier molecular flexibility index (Phi) is 7.07. The second-order valence-corrected chi connectivity index (χ2v) is 9.95. The highest BCUT2D eigenvalue weighted by molar-refractivity contribution is 7.91. The van der Waals surface area contributed by atoms with Crippen molar-refractivity contribution >= 4 is 9.84 Å². The van der Waals surface area contributed by atoms with Gasteiger partial charge in [-0.3, -0.25) is 9.36 Å². The fourth-order valence-corrected chi connectivity index (χ4v) is 5.11. The molecule has 0 aliphatic rings. The van der Waals surface area contributed by atoms with Crippen molar-refractivity contribution in [3.8, 4) is 17.0 Å². The fraction of sp³-hybridized carbons (Fsp3) is 0.192. The van der Waals surface area contributed by atoms with Crippen LogP contribution in [-0.4, -0.2) is 28.1 Å². The van der Waals surface area contributed by atoms with E-state index in [2.05, 4.69) is 9.97 Å². The summed E-state index contributed by atoms with van der Waals surface area (Å²) in [6.07, 6.45) is 3.34. The van der Waals surface area contributed by atoms with E-state index >= 15 is 0 Å². The van der Waals surface area contributed by atoms with E-state index in [9.17, 15) is 22.7 Å². The average Bonchev–Trinajstić information content (AvgIpc) is 2.86. The largest absolute Gasteiger partial charge is 0.493 e. The maximum absolute atomic E-state index is 13.4. The molecule has 7 nitrogen and oxygen atoms in total. The van der Waals surface area contributed by atoms with Crippen molar-refractivity contribution in [3.63, 3.8) is 0 Å². The van der Waals surface area contributed by atoms with E-state index in [1.54, 1.807) is 0 Å². The summed E-state index contributed by atoms with van der Waals surface area (Å²) in [7, 11) is -4.38. The third kappa shape index (κ3) is 5.14. The molecule has 4 rings (SSSR count). The van der Waals surface area contributed by atoms with E-state index in [-0.39, 0.29) is 11.4 Å². The zero-order valence-electron chi connectivity index (χ0n) is 19.1. The number of hydrogen-bond donors (Lipinski definition) is 1. The Balaban J connectivity index is 1.78. The van der Waals surface area contributed by atoms with Crippen molar-refractivity contribution in [2.75, 3.05) is 0 Å². The number of aryl methyl sites for hydroxylation is 1. The Morgan fingerprint density at radius 2 is 1.66 bits per heavy atom. The predicted molar refractivity (Wildman–Crippen MR) is 129 cm³/mol. The Bertz CT molecular complexity index is 1490. The highest BCUT2D eigenvalue weighted by atomic mass is 32.2. The standard InChI is InChI=1S/C26H24FN3O4S/c1-2-3-9-23-29-25(31)24(26(32)30(23)17-18-7-5-4-6-8-18)35(33,34)21-13-10-19(11-14-21)20-12-15-22(27)28-16-20/h4-8,10-16,32H,2-3,9,17H2,1H3. The molecule has 0 amide bonds. The minimum Gasteiger partial charge on any atom is -0.493 e. The minimum absolute atomic E-state index is 0.165. The van der Waals surface area contributed by atoms with Crippen molar-refractivity contribution in [3.05, 3.63) is 101 Å². The number of rotatable bonds is 8. The average molecular weight is 494 g/mol. The van der Waals surface area contributed by atoms with E-state index in [0.29, 0.717) is 23.4 Å². The molecule has 1 N–H and O–H groups in total. The molecule has 2 aromatic heterocycles. The lowest BCUT2D eigenvalue weighted by Gasteiger charge is -2.17. The van der Waals surface area contributed by atoms with Crippen molar-refractivity contribution in [2.24, 2.45) is 0 Å². The first-order chi connectivity index (χ1) is 16.8. The SMILES string of the molecule is CCCCc1nc(=O)c(S(=O)(=O)c2ccc(-c3ccc(F)nc3)cc2)c(O)n1Cc1ccccc1. The zero-order valence-corrected chi connectivity index (χ0v) is 19.9.